The lowest BCUT2D eigenvalue weighted by atomic mass is 10.1. The number of oxime groups is 1. The lowest BCUT2D eigenvalue weighted by molar-refractivity contribution is 0.311. The smallest absolute Gasteiger partial charge is 0.246 e. The van der Waals surface area contributed by atoms with Crippen LogP contribution >= 0.6 is 0 Å². The molecule has 1 aromatic heterocycles. The molecule has 1 rings (SSSR count). The average Bonchev–Trinajstić information content (AvgIpc) is 2.88. The number of aromatic nitrogens is 2. The van der Waals surface area contributed by atoms with Crippen molar-refractivity contribution in [2.45, 2.75) is 18.7 Å². The van der Waals surface area contributed by atoms with Crippen molar-refractivity contribution < 1.29 is 13.6 Å². The number of H-pyrrole nitrogens is 1. The molecule has 1 heterocycles. The molecule has 0 fully saturated rings. The van der Waals surface area contributed by atoms with E-state index in [2.05, 4.69) is 15.4 Å². The maximum atomic E-state index is 12.2. The number of amidine groups is 1. The third-order valence-electron chi connectivity index (χ3n) is 2.56. The molecule has 1 atom stereocenters. The minimum atomic E-state index is -3.60. The van der Waals surface area contributed by atoms with Crippen LogP contribution in [0.4, 0.5) is 0 Å². The molecule has 0 spiro atoms. The van der Waals surface area contributed by atoms with Gasteiger partial charge in [0.2, 0.25) is 10.0 Å². The Bertz CT molecular complexity index is 496. The Balaban J connectivity index is 2.91. The second-order valence-electron chi connectivity index (χ2n) is 3.82. The van der Waals surface area contributed by atoms with E-state index in [9.17, 15) is 8.42 Å². The van der Waals surface area contributed by atoms with E-state index in [1.807, 2.05) is 0 Å². The van der Waals surface area contributed by atoms with E-state index in [1.54, 1.807) is 13.8 Å². The van der Waals surface area contributed by atoms with Gasteiger partial charge < -0.3 is 10.9 Å². The molecule has 0 amide bonds. The number of sulfonamides is 1. The van der Waals surface area contributed by atoms with Gasteiger partial charge in [-0.1, -0.05) is 19.0 Å². The standard InChI is InChI=1S/C9H17N5O3S/c1-3-14(6-7(2)9(10)13-15)18(16,17)8-4-11-12-5-8/h4-5,7,15H,3,6H2,1-2H3,(H2,10,13)(H,11,12). The van der Waals surface area contributed by atoms with E-state index in [0.717, 1.165) is 0 Å². The van der Waals surface area contributed by atoms with E-state index in [4.69, 9.17) is 10.9 Å². The van der Waals surface area contributed by atoms with Crippen LogP contribution in [0.1, 0.15) is 13.8 Å². The van der Waals surface area contributed by atoms with E-state index in [0.29, 0.717) is 0 Å². The molecule has 1 aromatic rings. The van der Waals surface area contributed by atoms with Crippen molar-refractivity contribution >= 4 is 15.9 Å². The SMILES string of the molecule is CCN(CC(C)C(N)=NO)S(=O)(=O)c1cn[nH]c1. The fourth-order valence-corrected chi connectivity index (χ4v) is 2.87. The molecule has 8 nitrogen and oxygen atoms in total. The summed E-state index contributed by atoms with van der Waals surface area (Å²) in [6.07, 6.45) is 2.55. The molecule has 0 bridgehead atoms. The van der Waals surface area contributed by atoms with Crippen molar-refractivity contribution in [2.24, 2.45) is 16.8 Å². The van der Waals surface area contributed by atoms with Crippen molar-refractivity contribution in [3.63, 3.8) is 0 Å². The van der Waals surface area contributed by atoms with Crippen molar-refractivity contribution in [1.29, 1.82) is 0 Å². The van der Waals surface area contributed by atoms with Crippen molar-refractivity contribution in [3.8, 4) is 0 Å². The summed E-state index contributed by atoms with van der Waals surface area (Å²) in [4.78, 5) is 0.0936. The predicted molar refractivity (Wildman–Crippen MR) is 65.6 cm³/mol. The zero-order valence-corrected chi connectivity index (χ0v) is 11.1. The molecule has 9 heteroatoms. The summed E-state index contributed by atoms with van der Waals surface area (Å²) in [6.45, 7) is 3.83. The van der Waals surface area contributed by atoms with Gasteiger partial charge in [0.05, 0.1) is 6.20 Å². The number of nitrogens with two attached hydrogens (primary N) is 1. The third-order valence-corrected chi connectivity index (χ3v) is 4.47. The lowest BCUT2D eigenvalue weighted by Crippen LogP contribution is -2.38. The van der Waals surface area contributed by atoms with Crippen LogP contribution in [-0.2, 0) is 10.0 Å². The first-order valence-electron chi connectivity index (χ1n) is 5.39. The zero-order chi connectivity index (χ0) is 13.8. The molecule has 0 aromatic carbocycles. The van der Waals surface area contributed by atoms with Gasteiger partial charge in [-0.25, -0.2) is 8.42 Å². The Kier molecular flexibility index (Phi) is 4.68. The monoisotopic (exact) mass is 275 g/mol. The molecule has 0 saturated carbocycles. The summed E-state index contributed by atoms with van der Waals surface area (Å²) >= 11 is 0. The zero-order valence-electron chi connectivity index (χ0n) is 10.2. The summed E-state index contributed by atoms with van der Waals surface area (Å²) in [7, 11) is -3.60. The van der Waals surface area contributed by atoms with Gasteiger partial charge in [-0.05, 0) is 0 Å². The minimum Gasteiger partial charge on any atom is -0.409 e. The molecule has 18 heavy (non-hydrogen) atoms. The Labute approximate surface area is 106 Å². The van der Waals surface area contributed by atoms with Crippen molar-refractivity contribution in [1.82, 2.24) is 14.5 Å². The number of nitrogens with one attached hydrogen (secondary N) is 1. The number of rotatable bonds is 6. The largest absolute Gasteiger partial charge is 0.409 e. The van der Waals surface area contributed by atoms with Crippen LogP contribution in [0.3, 0.4) is 0 Å². The molecule has 102 valence electrons. The topological polar surface area (TPSA) is 125 Å². The number of hydrogen-bond donors (Lipinski definition) is 3. The van der Waals surface area contributed by atoms with Crippen LogP contribution < -0.4 is 5.73 Å². The highest BCUT2D eigenvalue weighted by Gasteiger charge is 2.26. The summed E-state index contributed by atoms with van der Waals surface area (Å²) < 4.78 is 25.6. The minimum absolute atomic E-state index is 0.00385. The van der Waals surface area contributed by atoms with Gasteiger partial charge >= 0.3 is 0 Å². The highest BCUT2D eigenvalue weighted by molar-refractivity contribution is 7.89. The molecule has 0 aliphatic carbocycles. The number of aromatic amines is 1. The average molecular weight is 275 g/mol. The van der Waals surface area contributed by atoms with Crippen molar-refractivity contribution in [2.75, 3.05) is 13.1 Å². The van der Waals surface area contributed by atoms with Gasteiger partial charge in [0.1, 0.15) is 10.7 Å². The first kappa shape index (κ1) is 14.5. The molecule has 0 aliphatic rings. The van der Waals surface area contributed by atoms with Gasteiger partial charge in [-0.2, -0.15) is 9.40 Å². The maximum absolute atomic E-state index is 12.2. The number of hydrogen-bond acceptors (Lipinski definition) is 5. The Morgan fingerprint density at radius 1 is 1.72 bits per heavy atom. The first-order chi connectivity index (χ1) is 8.43. The fraction of sp³-hybridized carbons (Fsp3) is 0.556. The quantitative estimate of drug-likeness (QED) is 0.287. The highest BCUT2D eigenvalue weighted by Crippen LogP contribution is 2.15. The molecule has 4 N–H and O–H groups in total. The predicted octanol–water partition coefficient (Wildman–Crippen LogP) is -0.197. The summed E-state index contributed by atoms with van der Waals surface area (Å²) in [5, 5.41) is 17.5. The maximum Gasteiger partial charge on any atom is 0.246 e. The summed E-state index contributed by atoms with van der Waals surface area (Å²) in [6, 6.07) is 0. The second kappa shape index (κ2) is 5.83. The van der Waals surface area contributed by atoms with Crippen molar-refractivity contribution in [3.05, 3.63) is 12.4 Å². The van der Waals surface area contributed by atoms with E-state index in [-0.39, 0.29) is 29.7 Å². The fourth-order valence-electron chi connectivity index (χ4n) is 1.42. The van der Waals surface area contributed by atoms with Gasteiger partial charge in [-0.15, -0.1) is 0 Å². The van der Waals surface area contributed by atoms with Gasteiger partial charge in [-0.3, -0.25) is 5.10 Å². The Morgan fingerprint density at radius 2 is 2.39 bits per heavy atom. The van der Waals surface area contributed by atoms with E-state index >= 15 is 0 Å². The van der Waals surface area contributed by atoms with Crippen LogP contribution in [0.5, 0.6) is 0 Å². The molecule has 0 saturated heterocycles. The van der Waals surface area contributed by atoms with E-state index < -0.39 is 10.0 Å². The molecular formula is C9H17N5O3S. The van der Waals surface area contributed by atoms with Gasteiger partial charge in [0.25, 0.3) is 0 Å². The summed E-state index contributed by atoms with van der Waals surface area (Å²) in [5.74, 6) is -0.382. The second-order valence-corrected chi connectivity index (χ2v) is 5.75. The first-order valence-corrected chi connectivity index (χ1v) is 6.83. The van der Waals surface area contributed by atoms with Gasteiger partial charge in [0, 0.05) is 25.2 Å². The Morgan fingerprint density at radius 3 is 2.83 bits per heavy atom. The molecule has 1 unspecified atom stereocenters. The molecular weight excluding hydrogens is 258 g/mol. The van der Waals surface area contributed by atoms with Crippen LogP contribution in [0, 0.1) is 5.92 Å². The lowest BCUT2D eigenvalue weighted by Gasteiger charge is -2.22. The van der Waals surface area contributed by atoms with Crippen LogP contribution in [0.2, 0.25) is 0 Å². The highest BCUT2D eigenvalue weighted by atomic mass is 32.2. The van der Waals surface area contributed by atoms with Crippen LogP contribution in [-0.4, -0.2) is 47.1 Å². The third kappa shape index (κ3) is 2.99. The van der Waals surface area contributed by atoms with E-state index in [1.165, 1.54) is 16.7 Å². The molecule has 0 radical (unpaired) electrons. The molecule has 0 aliphatic heterocycles. The van der Waals surface area contributed by atoms with Crippen LogP contribution in [0.15, 0.2) is 22.4 Å². The summed E-state index contributed by atoms with van der Waals surface area (Å²) in [5.41, 5.74) is 5.44. The van der Waals surface area contributed by atoms with Gasteiger partial charge in [0.15, 0.2) is 0 Å². The van der Waals surface area contributed by atoms with Crippen LogP contribution in [0.25, 0.3) is 0 Å². The number of nitrogens with zero attached hydrogens (tertiary/aromatic N) is 3. The normalized spacial score (nSPS) is 14.9. The Hall–Kier alpha value is -1.61.